The molecular weight excluding hydrogens is 395 g/mol. The minimum absolute atomic E-state index is 0.119. The summed E-state index contributed by atoms with van der Waals surface area (Å²) in [4.78, 5) is 7.33. The molecule has 1 aromatic carbocycles. The van der Waals surface area contributed by atoms with Gasteiger partial charge >= 0.3 is 6.18 Å². The van der Waals surface area contributed by atoms with E-state index in [-0.39, 0.29) is 11.8 Å². The molecule has 2 unspecified atom stereocenters. The van der Waals surface area contributed by atoms with Crippen molar-refractivity contribution in [3.05, 3.63) is 41.2 Å². The standard InChI is InChI=1S/C20H22F3N7/c1-25-16-5-4-12-14(9-27-17(12)13(16)7-24)18-15(20(21,22)23)10-28-19(30-18)29-11-3-2-6-26-8-11/h4-5,9-11,19,25-29H,2-3,6,8H2,1H3. The van der Waals surface area contributed by atoms with Gasteiger partial charge in [0.15, 0.2) is 6.29 Å². The van der Waals surface area contributed by atoms with Crippen LogP contribution in [0.15, 0.2) is 35.1 Å². The van der Waals surface area contributed by atoms with E-state index in [2.05, 4.69) is 37.3 Å². The molecule has 10 heteroatoms. The number of halogens is 3. The van der Waals surface area contributed by atoms with Gasteiger partial charge in [0.05, 0.1) is 28.1 Å². The maximum absolute atomic E-state index is 13.7. The molecule has 158 valence electrons. The minimum Gasteiger partial charge on any atom is -0.387 e. The second kappa shape index (κ2) is 8.01. The average Bonchev–Trinajstić information content (AvgIpc) is 3.17. The zero-order valence-electron chi connectivity index (χ0n) is 16.3. The largest absolute Gasteiger partial charge is 0.419 e. The Morgan fingerprint density at radius 1 is 1.30 bits per heavy atom. The lowest BCUT2D eigenvalue weighted by atomic mass is 9.99. The lowest BCUT2D eigenvalue weighted by Crippen LogP contribution is -2.52. The van der Waals surface area contributed by atoms with Crippen molar-refractivity contribution in [2.45, 2.75) is 31.3 Å². The summed E-state index contributed by atoms with van der Waals surface area (Å²) in [5, 5.41) is 22.2. The zero-order valence-corrected chi connectivity index (χ0v) is 16.3. The van der Waals surface area contributed by atoms with Gasteiger partial charge in [-0.3, -0.25) is 5.32 Å². The molecule has 7 nitrogen and oxygen atoms in total. The van der Waals surface area contributed by atoms with Crippen molar-refractivity contribution < 1.29 is 13.2 Å². The van der Waals surface area contributed by atoms with Crippen LogP contribution in [-0.2, 0) is 0 Å². The molecule has 0 saturated carbocycles. The van der Waals surface area contributed by atoms with E-state index in [9.17, 15) is 18.4 Å². The molecule has 1 saturated heterocycles. The minimum atomic E-state index is -4.57. The van der Waals surface area contributed by atoms with Crippen LogP contribution in [0.1, 0.15) is 24.0 Å². The van der Waals surface area contributed by atoms with E-state index in [1.807, 2.05) is 0 Å². The summed E-state index contributed by atoms with van der Waals surface area (Å²) in [6, 6.07) is 5.60. The van der Waals surface area contributed by atoms with Crippen LogP contribution in [0.2, 0.25) is 0 Å². The number of aromatic nitrogens is 1. The van der Waals surface area contributed by atoms with Crippen molar-refractivity contribution in [2.75, 3.05) is 25.5 Å². The summed E-state index contributed by atoms with van der Waals surface area (Å²) in [6.07, 6.45) is -0.867. The van der Waals surface area contributed by atoms with Gasteiger partial charge in [0.2, 0.25) is 0 Å². The number of hydrogen-bond donors (Lipinski definition) is 5. The van der Waals surface area contributed by atoms with E-state index in [1.165, 1.54) is 6.20 Å². The van der Waals surface area contributed by atoms with E-state index < -0.39 is 18.0 Å². The number of alkyl halides is 3. The Morgan fingerprint density at radius 2 is 2.13 bits per heavy atom. The third kappa shape index (κ3) is 3.74. The topological polar surface area (TPSA) is 100 Å². The summed E-state index contributed by atoms with van der Waals surface area (Å²) in [7, 11) is 1.68. The smallest absolute Gasteiger partial charge is 0.387 e. The summed E-state index contributed by atoms with van der Waals surface area (Å²) < 4.78 is 41.2. The Balaban J connectivity index is 1.76. The van der Waals surface area contributed by atoms with E-state index in [1.54, 1.807) is 19.2 Å². The fraction of sp³-hybridized carbons (Fsp3) is 0.400. The number of nitriles is 1. The average molecular weight is 417 g/mol. The highest BCUT2D eigenvalue weighted by Gasteiger charge is 2.40. The summed E-state index contributed by atoms with van der Waals surface area (Å²) in [5.74, 6) is 0. The predicted molar refractivity (Wildman–Crippen MR) is 109 cm³/mol. The summed E-state index contributed by atoms with van der Waals surface area (Å²) >= 11 is 0. The van der Waals surface area contributed by atoms with Gasteiger partial charge in [-0.1, -0.05) is 6.07 Å². The molecule has 4 rings (SSSR count). The predicted octanol–water partition coefficient (Wildman–Crippen LogP) is 2.54. The molecule has 0 amide bonds. The van der Waals surface area contributed by atoms with Crippen LogP contribution in [0, 0.1) is 11.3 Å². The fourth-order valence-electron chi connectivity index (χ4n) is 3.92. The second-order valence-electron chi connectivity index (χ2n) is 7.29. The number of aliphatic imine (C=N–C) groups is 1. The van der Waals surface area contributed by atoms with Crippen molar-refractivity contribution in [3.8, 4) is 6.07 Å². The molecule has 2 aliphatic rings. The molecule has 0 radical (unpaired) electrons. The van der Waals surface area contributed by atoms with Gasteiger partial charge in [0.25, 0.3) is 0 Å². The van der Waals surface area contributed by atoms with Crippen LogP contribution in [0.3, 0.4) is 0 Å². The number of anilines is 1. The highest BCUT2D eigenvalue weighted by Crippen LogP contribution is 2.34. The third-order valence-corrected chi connectivity index (χ3v) is 5.39. The number of allylic oxidation sites excluding steroid dienone is 1. The first-order valence-electron chi connectivity index (χ1n) is 9.73. The summed E-state index contributed by atoms with van der Waals surface area (Å²) in [5.41, 5.74) is 0.720. The maximum atomic E-state index is 13.7. The van der Waals surface area contributed by atoms with Gasteiger partial charge in [-0.25, -0.2) is 4.99 Å². The molecule has 2 aromatic rings. The number of benzene rings is 1. The Hall–Kier alpha value is -3.03. The van der Waals surface area contributed by atoms with Crippen molar-refractivity contribution in [1.29, 1.82) is 5.26 Å². The monoisotopic (exact) mass is 417 g/mol. The Morgan fingerprint density at radius 3 is 2.80 bits per heavy atom. The molecule has 2 atom stereocenters. The molecule has 5 N–H and O–H groups in total. The number of H-pyrrole nitrogens is 1. The van der Waals surface area contributed by atoms with Gasteiger partial charge in [0.1, 0.15) is 6.07 Å². The molecule has 1 fully saturated rings. The molecule has 0 spiro atoms. The van der Waals surface area contributed by atoms with Gasteiger partial charge < -0.3 is 20.9 Å². The first-order chi connectivity index (χ1) is 14.4. The van der Waals surface area contributed by atoms with Gasteiger partial charge in [0, 0.05) is 43.0 Å². The van der Waals surface area contributed by atoms with E-state index >= 15 is 0 Å². The number of aromatic amines is 1. The first-order valence-corrected chi connectivity index (χ1v) is 9.73. The molecule has 3 heterocycles. The molecular formula is C20H22F3N7. The Labute approximate surface area is 171 Å². The maximum Gasteiger partial charge on any atom is 0.419 e. The van der Waals surface area contributed by atoms with Gasteiger partial charge in [-0.2, -0.15) is 18.4 Å². The molecule has 2 aliphatic heterocycles. The van der Waals surface area contributed by atoms with Crippen LogP contribution in [0.5, 0.6) is 0 Å². The molecule has 30 heavy (non-hydrogen) atoms. The van der Waals surface area contributed by atoms with Gasteiger partial charge in [-0.05, 0) is 25.5 Å². The number of hydrogen-bond acceptors (Lipinski definition) is 6. The van der Waals surface area contributed by atoms with E-state index in [0.717, 1.165) is 32.1 Å². The van der Waals surface area contributed by atoms with Crippen LogP contribution >= 0.6 is 0 Å². The normalized spacial score (nSPS) is 22.1. The number of fused-ring (bicyclic) bond motifs is 1. The fourth-order valence-corrected chi connectivity index (χ4v) is 3.92. The third-order valence-electron chi connectivity index (χ3n) is 5.39. The number of nitrogens with one attached hydrogen (secondary N) is 5. The van der Waals surface area contributed by atoms with E-state index in [4.69, 9.17) is 0 Å². The molecule has 0 aliphatic carbocycles. The lowest BCUT2D eigenvalue weighted by molar-refractivity contribution is -0.0867. The SMILES string of the molecule is CNc1ccc2c(C3=NC(NC4CCCNC4)NC=C3C(F)(F)F)c[nH]c2c1C#N. The van der Waals surface area contributed by atoms with Crippen LogP contribution in [0.25, 0.3) is 10.9 Å². The second-order valence-corrected chi connectivity index (χ2v) is 7.29. The van der Waals surface area contributed by atoms with E-state index in [0.29, 0.717) is 27.7 Å². The first kappa shape index (κ1) is 20.3. The molecule has 1 aromatic heterocycles. The van der Waals surface area contributed by atoms with Crippen LogP contribution in [0.4, 0.5) is 18.9 Å². The quantitative estimate of drug-likeness (QED) is 0.527. The molecule has 0 bridgehead atoms. The van der Waals surface area contributed by atoms with Crippen molar-refractivity contribution in [3.63, 3.8) is 0 Å². The van der Waals surface area contributed by atoms with Crippen molar-refractivity contribution in [1.82, 2.24) is 20.9 Å². The number of piperidine rings is 1. The number of nitrogens with zero attached hydrogens (tertiary/aromatic N) is 2. The Kier molecular flexibility index (Phi) is 5.40. The van der Waals surface area contributed by atoms with Crippen molar-refractivity contribution >= 4 is 22.3 Å². The van der Waals surface area contributed by atoms with Crippen molar-refractivity contribution in [2.24, 2.45) is 4.99 Å². The lowest BCUT2D eigenvalue weighted by Gasteiger charge is -2.30. The van der Waals surface area contributed by atoms with Crippen LogP contribution in [-0.4, -0.2) is 49.3 Å². The van der Waals surface area contributed by atoms with Gasteiger partial charge in [-0.15, -0.1) is 0 Å². The summed E-state index contributed by atoms with van der Waals surface area (Å²) in [6.45, 7) is 1.68. The highest BCUT2D eigenvalue weighted by molar-refractivity contribution is 6.20. The van der Waals surface area contributed by atoms with Crippen LogP contribution < -0.4 is 21.3 Å². The Bertz CT molecular complexity index is 1040. The number of rotatable bonds is 4. The zero-order chi connectivity index (χ0) is 21.3. The highest BCUT2D eigenvalue weighted by atomic mass is 19.4.